The SMILES string of the molecule is C[C@H](N)[C@@H]1CCN(c2ccc3c(=O)[nH]c(=O)n(C4CC4)c3c2OC(F)F)C1.Cl. The third-order valence-electron chi connectivity index (χ3n) is 5.46. The Hall–Kier alpha value is -2.13. The van der Waals surface area contributed by atoms with E-state index in [1.54, 1.807) is 12.1 Å². The van der Waals surface area contributed by atoms with E-state index < -0.39 is 17.9 Å². The molecule has 0 unspecified atom stereocenters. The maximum Gasteiger partial charge on any atom is 0.387 e. The van der Waals surface area contributed by atoms with Crippen LogP contribution in [0.25, 0.3) is 10.9 Å². The quantitative estimate of drug-likeness (QED) is 0.779. The summed E-state index contributed by atoms with van der Waals surface area (Å²) in [4.78, 5) is 28.9. The lowest BCUT2D eigenvalue weighted by Crippen LogP contribution is -2.32. The van der Waals surface area contributed by atoms with Gasteiger partial charge < -0.3 is 15.4 Å². The Bertz CT molecular complexity index is 987. The zero-order chi connectivity index (χ0) is 19.3. The smallest absolute Gasteiger partial charge is 0.387 e. The Morgan fingerprint density at radius 1 is 1.25 bits per heavy atom. The number of aromatic nitrogens is 2. The maximum atomic E-state index is 13.2. The van der Waals surface area contributed by atoms with Gasteiger partial charge in [-0.25, -0.2) is 4.79 Å². The fourth-order valence-corrected chi connectivity index (χ4v) is 3.88. The average Bonchev–Trinajstić information content (AvgIpc) is 3.30. The highest BCUT2D eigenvalue weighted by Crippen LogP contribution is 2.42. The second kappa shape index (κ2) is 7.71. The molecule has 7 nitrogen and oxygen atoms in total. The van der Waals surface area contributed by atoms with E-state index in [1.807, 2.05) is 11.8 Å². The first-order valence-electron chi connectivity index (χ1n) is 9.13. The van der Waals surface area contributed by atoms with Gasteiger partial charge in [-0.2, -0.15) is 8.78 Å². The van der Waals surface area contributed by atoms with E-state index in [4.69, 9.17) is 10.5 Å². The predicted octanol–water partition coefficient (Wildman–Crippen LogP) is 2.22. The molecule has 1 aliphatic carbocycles. The lowest BCUT2D eigenvalue weighted by Gasteiger charge is -2.24. The molecule has 1 aromatic carbocycles. The summed E-state index contributed by atoms with van der Waals surface area (Å²) in [5.74, 6) is 0.132. The minimum atomic E-state index is -3.07. The zero-order valence-corrected chi connectivity index (χ0v) is 16.2. The number of nitrogens with two attached hydrogens (primary N) is 1. The highest BCUT2D eigenvalue weighted by Gasteiger charge is 2.32. The molecule has 1 saturated carbocycles. The van der Waals surface area contributed by atoms with E-state index in [9.17, 15) is 18.4 Å². The van der Waals surface area contributed by atoms with Crippen LogP contribution in [0.1, 0.15) is 32.2 Å². The highest BCUT2D eigenvalue weighted by atomic mass is 35.5. The van der Waals surface area contributed by atoms with Gasteiger partial charge in [0.2, 0.25) is 0 Å². The topological polar surface area (TPSA) is 93.4 Å². The van der Waals surface area contributed by atoms with Crippen LogP contribution < -0.4 is 26.6 Å². The molecule has 10 heteroatoms. The fraction of sp³-hybridized carbons (Fsp3) is 0.556. The molecule has 0 bridgehead atoms. The van der Waals surface area contributed by atoms with Crippen molar-refractivity contribution in [3.8, 4) is 5.75 Å². The van der Waals surface area contributed by atoms with Crippen molar-refractivity contribution in [1.29, 1.82) is 0 Å². The molecule has 1 saturated heterocycles. The number of H-pyrrole nitrogens is 1. The van der Waals surface area contributed by atoms with Crippen molar-refractivity contribution in [3.63, 3.8) is 0 Å². The highest BCUT2D eigenvalue weighted by molar-refractivity contribution is 5.90. The summed E-state index contributed by atoms with van der Waals surface area (Å²) in [7, 11) is 0. The summed E-state index contributed by atoms with van der Waals surface area (Å²) >= 11 is 0. The molecule has 2 atom stereocenters. The summed E-state index contributed by atoms with van der Waals surface area (Å²) < 4.78 is 32.7. The first-order chi connectivity index (χ1) is 12.9. The van der Waals surface area contributed by atoms with E-state index in [-0.39, 0.29) is 47.1 Å². The van der Waals surface area contributed by atoms with E-state index in [1.165, 1.54) is 4.57 Å². The number of halogens is 3. The molecule has 0 spiro atoms. The Kier molecular flexibility index (Phi) is 5.67. The second-order valence-electron chi connectivity index (χ2n) is 7.40. The lowest BCUT2D eigenvalue weighted by molar-refractivity contribution is -0.0487. The van der Waals surface area contributed by atoms with E-state index >= 15 is 0 Å². The van der Waals surface area contributed by atoms with Gasteiger partial charge in [-0.3, -0.25) is 14.3 Å². The molecule has 28 heavy (non-hydrogen) atoms. The molecule has 4 rings (SSSR count). The number of fused-ring (bicyclic) bond motifs is 1. The number of hydrogen-bond acceptors (Lipinski definition) is 5. The van der Waals surface area contributed by atoms with Crippen molar-refractivity contribution in [2.45, 2.75) is 44.9 Å². The van der Waals surface area contributed by atoms with Crippen LogP contribution in [0.3, 0.4) is 0 Å². The summed E-state index contributed by atoms with van der Waals surface area (Å²) in [5.41, 5.74) is 5.40. The van der Waals surface area contributed by atoms with Crippen molar-refractivity contribution in [2.75, 3.05) is 18.0 Å². The summed E-state index contributed by atoms with van der Waals surface area (Å²) in [6.07, 6.45) is 2.36. The molecular formula is C18H23ClF2N4O3. The first-order valence-corrected chi connectivity index (χ1v) is 9.13. The Morgan fingerprint density at radius 2 is 1.96 bits per heavy atom. The summed E-state index contributed by atoms with van der Waals surface area (Å²) in [6, 6.07) is 3.06. The van der Waals surface area contributed by atoms with Gasteiger partial charge in [0.15, 0.2) is 5.75 Å². The molecule has 154 valence electrons. The van der Waals surface area contributed by atoms with Crippen molar-refractivity contribution in [3.05, 3.63) is 33.0 Å². The van der Waals surface area contributed by atoms with Gasteiger partial charge in [-0.05, 0) is 44.2 Å². The van der Waals surface area contributed by atoms with Crippen LogP contribution in [-0.4, -0.2) is 35.3 Å². The van der Waals surface area contributed by atoms with Gasteiger partial charge >= 0.3 is 12.3 Å². The number of benzene rings is 1. The van der Waals surface area contributed by atoms with Crippen LogP contribution in [0.5, 0.6) is 5.75 Å². The number of aromatic amines is 1. The maximum absolute atomic E-state index is 13.2. The monoisotopic (exact) mass is 416 g/mol. The van der Waals surface area contributed by atoms with Crippen LogP contribution in [-0.2, 0) is 0 Å². The zero-order valence-electron chi connectivity index (χ0n) is 15.4. The number of nitrogens with zero attached hydrogens (tertiary/aromatic N) is 2. The largest absolute Gasteiger partial charge is 0.430 e. The fourth-order valence-electron chi connectivity index (χ4n) is 3.88. The van der Waals surface area contributed by atoms with Crippen LogP contribution >= 0.6 is 12.4 Å². The molecule has 0 radical (unpaired) electrons. The minimum Gasteiger partial charge on any atom is -0.430 e. The molecule has 3 N–H and O–H groups in total. The molecule has 2 heterocycles. The number of alkyl halides is 2. The van der Waals surface area contributed by atoms with Gasteiger partial charge in [-0.15, -0.1) is 12.4 Å². The molecule has 1 aliphatic heterocycles. The lowest BCUT2D eigenvalue weighted by atomic mass is 10.0. The molecule has 2 aromatic rings. The number of rotatable bonds is 5. The molecule has 2 fully saturated rings. The van der Waals surface area contributed by atoms with Crippen LogP contribution in [0.2, 0.25) is 0 Å². The van der Waals surface area contributed by atoms with Crippen molar-refractivity contribution in [1.82, 2.24) is 9.55 Å². The molecule has 0 amide bonds. The summed E-state index contributed by atoms with van der Waals surface area (Å²) in [5, 5.41) is 0.170. The van der Waals surface area contributed by atoms with Crippen molar-refractivity contribution in [2.24, 2.45) is 11.7 Å². The van der Waals surface area contributed by atoms with Gasteiger partial charge in [0.25, 0.3) is 5.56 Å². The molecular weight excluding hydrogens is 394 g/mol. The number of hydrogen-bond donors (Lipinski definition) is 2. The first kappa shape index (κ1) is 20.6. The minimum absolute atomic E-state index is 0. The molecule has 2 aliphatic rings. The van der Waals surface area contributed by atoms with Gasteiger partial charge in [0.05, 0.1) is 11.1 Å². The van der Waals surface area contributed by atoms with Crippen molar-refractivity contribution >= 4 is 29.0 Å². The molecule has 1 aromatic heterocycles. The summed E-state index contributed by atoms with van der Waals surface area (Å²) in [6.45, 7) is 0.117. The predicted molar refractivity (Wildman–Crippen MR) is 105 cm³/mol. The van der Waals surface area contributed by atoms with Crippen LogP contribution in [0.15, 0.2) is 21.7 Å². The average molecular weight is 417 g/mol. The number of anilines is 1. The van der Waals surface area contributed by atoms with Crippen LogP contribution in [0, 0.1) is 5.92 Å². The Balaban J connectivity index is 0.00000225. The third-order valence-corrected chi connectivity index (χ3v) is 5.46. The van der Waals surface area contributed by atoms with Gasteiger partial charge in [-0.1, -0.05) is 0 Å². The second-order valence-corrected chi connectivity index (χ2v) is 7.40. The van der Waals surface area contributed by atoms with E-state index in [0.29, 0.717) is 18.8 Å². The third kappa shape index (κ3) is 3.60. The Morgan fingerprint density at radius 3 is 2.54 bits per heavy atom. The van der Waals surface area contributed by atoms with Crippen LogP contribution in [0.4, 0.5) is 14.5 Å². The normalized spacial score (nSPS) is 20.5. The Labute approximate surface area is 165 Å². The van der Waals surface area contributed by atoms with E-state index in [2.05, 4.69) is 4.98 Å². The number of nitrogens with one attached hydrogen (secondary N) is 1. The standard InChI is InChI=1S/C18H22F2N4O3.ClH/c1-9(21)10-6-7-23(8-10)13-5-4-12-14(15(13)27-17(19)20)24(11-2-3-11)18(26)22-16(12)25;/h4-5,9-11,17H,2-3,6-8,21H2,1H3,(H,22,25,26);1H/t9-,10+;/m0./s1. The number of ether oxygens (including phenoxy) is 1. The van der Waals surface area contributed by atoms with Gasteiger partial charge in [0, 0.05) is 25.2 Å². The van der Waals surface area contributed by atoms with Gasteiger partial charge in [0.1, 0.15) is 5.52 Å². The van der Waals surface area contributed by atoms with Crippen molar-refractivity contribution < 1.29 is 13.5 Å². The van der Waals surface area contributed by atoms with E-state index in [0.717, 1.165) is 19.3 Å².